The van der Waals surface area contributed by atoms with E-state index in [1.54, 1.807) is 37.4 Å². The van der Waals surface area contributed by atoms with Crippen molar-refractivity contribution >= 4 is 18.6 Å². The molecule has 0 aliphatic heterocycles. The van der Waals surface area contributed by atoms with Crippen LogP contribution in [0.2, 0.25) is 0 Å². The quantitative estimate of drug-likeness (QED) is 0.462. The van der Waals surface area contributed by atoms with Crippen LogP contribution in [-0.2, 0) is 17.4 Å². The SMILES string of the molecule is CCOC(=O)c1ccc(-[n+]2cc([S-])on2)cc1. The van der Waals surface area contributed by atoms with Gasteiger partial charge < -0.3 is 21.9 Å². The van der Waals surface area contributed by atoms with E-state index >= 15 is 0 Å². The average molecular weight is 250 g/mol. The number of esters is 1. The van der Waals surface area contributed by atoms with Gasteiger partial charge in [0.2, 0.25) is 17.2 Å². The lowest BCUT2D eigenvalue weighted by molar-refractivity contribution is -0.670. The number of hydrogen-bond donors (Lipinski definition) is 0. The van der Waals surface area contributed by atoms with E-state index in [4.69, 9.17) is 21.9 Å². The molecule has 17 heavy (non-hydrogen) atoms. The molecule has 2 rings (SSSR count). The Bertz CT molecular complexity index is 522. The Balaban J connectivity index is 2.21. The summed E-state index contributed by atoms with van der Waals surface area (Å²) in [6.07, 6.45) is 1.58. The second-order valence-electron chi connectivity index (χ2n) is 3.23. The molecule has 0 saturated heterocycles. The number of carbonyl (C=O) groups excluding carboxylic acids is 1. The van der Waals surface area contributed by atoms with Crippen molar-refractivity contribution in [3.05, 3.63) is 36.0 Å². The number of rotatable bonds is 3. The predicted octanol–water partition coefficient (Wildman–Crippen LogP) is 1.03. The smallest absolute Gasteiger partial charge is 0.338 e. The van der Waals surface area contributed by atoms with Gasteiger partial charge in [-0.25, -0.2) is 4.79 Å². The van der Waals surface area contributed by atoms with Crippen LogP contribution in [0.15, 0.2) is 40.1 Å². The summed E-state index contributed by atoms with van der Waals surface area (Å²) in [5.41, 5.74) is 1.26. The van der Waals surface area contributed by atoms with Crippen LogP contribution in [0.25, 0.3) is 5.69 Å². The maximum absolute atomic E-state index is 11.4. The summed E-state index contributed by atoms with van der Waals surface area (Å²) < 4.78 is 11.1. The van der Waals surface area contributed by atoms with Crippen molar-refractivity contribution in [3.63, 3.8) is 0 Å². The Kier molecular flexibility index (Phi) is 3.34. The zero-order chi connectivity index (χ0) is 12.3. The number of hydrogen-bond acceptors (Lipinski definition) is 5. The molecule has 0 amide bonds. The third kappa shape index (κ3) is 2.59. The van der Waals surface area contributed by atoms with Crippen LogP contribution in [0.4, 0.5) is 0 Å². The normalized spacial score (nSPS) is 10.2. The van der Waals surface area contributed by atoms with Crippen molar-refractivity contribution in [2.75, 3.05) is 6.61 Å². The first kappa shape index (κ1) is 11.5. The lowest BCUT2D eigenvalue weighted by atomic mass is 10.2. The van der Waals surface area contributed by atoms with E-state index in [-0.39, 0.29) is 5.97 Å². The van der Waals surface area contributed by atoms with Crippen molar-refractivity contribution in [1.29, 1.82) is 0 Å². The first-order valence-electron chi connectivity index (χ1n) is 5.04. The van der Waals surface area contributed by atoms with E-state index in [0.29, 0.717) is 17.3 Å². The molecule has 0 N–H and O–H groups in total. The zero-order valence-corrected chi connectivity index (χ0v) is 9.94. The van der Waals surface area contributed by atoms with Gasteiger partial charge in [0.1, 0.15) is 0 Å². The largest absolute Gasteiger partial charge is 0.733 e. The Hall–Kier alpha value is -1.95. The van der Waals surface area contributed by atoms with Gasteiger partial charge in [0.15, 0.2) is 0 Å². The highest BCUT2D eigenvalue weighted by Gasteiger charge is 2.12. The van der Waals surface area contributed by atoms with Gasteiger partial charge in [-0.2, -0.15) is 0 Å². The lowest BCUT2D eigenvalue weighted by Crippen LogP contribution is -2.31. The molecule has 0 atom stereocenters. The van der Waals surface area contributed by atoms with Crippen molar-refractivity contribution in [2.45, 2.75) is 12.0 Å². The van der Waals surface area contributed by atoms with Gasteiger partial charge in [-0.3, -0.25) is 0 Å². The van der Waals surface area contributed by atoms with Gasteiger partial charge in [0.25, 0.3) is 0 Å². The maximum Gasteiger partial charge on any atom is 0.338 e. The van der Waals surface area contributed by atoms with E-state index in [9.17, 15) is 4.79 Å². The predicted molar refractivity (Wildman–Crippen MR) is 59.6 cm³/mol. The summed E-state index contributed by atoms with van der Waals surface area (Å²) in [6.45, 7) is 2.13. The van der Waals surface area contributed by atoms with E-state index in [1.165, 1.54) is 4.68 Å². The number of nitrogens with zero attached hydrogens (tertiary/aromatic N) is 2. The summed E-state index contributed by atoms with van der Waals surface area (Å²) in [5.74, 6) is -0.340. The molecule has 6 heteroatoms. The van der Waals surface area contributed by atoms with Crippen LogP contribution in [0.1, 0.15) is 17.3 Å². The fraction of sp³-hybridized carbons (Fsp3) is 0.182. The van der Waals surface area contributed by atoms with Crippen LogP contribution in [0.3, 0.4) is 0 Å². The van der Waals surface area contributed by atoms with Crippen LogP contribution in [0.5, 0.6) is 0 Å². The Morgan fingerprint density at radius 1 is 1.47 bits per heavy atom. The van der Waals surface area contributed by atoms with Crippen LogP contribution < -0.4 is 4.68 Å². The molecule has 0 aliphatic rings. The Morgan fingerprint density at radius 3 is 2.71 bits per heavy atom. The summed E-state index contributed by atoms with van der Waals surface area (Å²) >= 11 is 4.81. The second kappa shape index (κ2) is 4.92. The minimum Gasteiger partial charge on any atom is -0.733 e. The molecular weight excluding hydrogens is 240 g/mol. The summed E-state index contributed by atoms with van der Waals surface area (Å²) in [6, 6.07) is 6.81. The first-order chi connectivity index (χ1) is 8.20. The Morgan fingerprint density at radius 2 is 2.18 bits per heavy atom. The fourth-order valence-electron chi connectivity index (χ4n) is 1.32. The molecule has 1 aromatic heterocycles. The highest BCUT2D eigenvalue weighted by Crippen LogP contribution is 2.06. The Labute approximate surface area is 103 Å². The topological polar surface area (TPSA) is 56.2 Å². The van der Waals surface area contributed by atoms with Gasteiger partial charge in [-0.15, -0.1) is 0 Å². The molecule has 0 fully saturated rings. The molecule has 5 nitrogen and oxygen atoms in total. The number of aromatic nitrogens is 2. The highest BCUT2D eigenvalue weighted by atomic mass is 32.1. The van der Waals surface area contributed by atoms with Gasteiger partial charge in [-0.1, -0.05) is 0 Å². The third-order valence-corrected chi connectivity index (χ3v) is 2.27. The molecule has 88 valence electrons. The zero-order valence-electron chi connectivity index (χ0n) is 9.12. The van der Waals surface area contributed by atoms with E-state index in [0.717, 1.165) is 5.69 Å². The second-order valence-corrected chi connectivity index (χ2v) is 3.64. The molecule has 0 spiro atoms. The van der Waals surface area contributed by atoms with Crippen molar-refractivity contribution in [1.82, 2.24) is 5.27 Å². The summed E-state index contributed by atoms with van der Waals surface area (Å²) in [5, 5.41) is 4.02. The monoisotopic (exact) mass is 250 g/mol. The molecule has 1 aromatic carbocycles. The summed E-state index contributed by atoms with van der Waals surface area (Å²) in [7, 11) is 0. The standard InChI is InChI=1S/C11H10N2O3S/c1-2-15-11(14)8-3-5-9(6-4-8)13-7-10(17)16-12-13/h3-7H,2H2,1H3. The third-order valence-electron chi connectivity index (χ3n) is 2.09. The molecule has 2 aromatic rings. The minimum atomic E-state index is -0.340. The summed E-state index contributed by atoms with van der Waals surface area (Å²) in [4.78, 5) is 11.4. The van der Waals surface area contributed by atoms with Gasteiger partial charge >= 0.3 is 5.97 Å². The van der Waals surface area contributed by atoms with Gasteiger partial charge in [0.05, 0.1) is 17.3 Å². The van der Waals surface area contributed by atoms with Gasteiger partial charge in [-0.05, 0) is 23.7 Å². The number of carbonyl (C=O) groups is 1. The fourth-order valence-corrected chi connectivity index (χ4v) is 1.45. The van der Waals surface area contributed by atoms with Gasteiger partial charge in [0, 0.05) is 12.1 Å². The minimum absolute atomic E-state index is 0.305. The average Bonchev–Trinajstić information content (AvgIpc) is 2.76. The number of ether oxygens (including phenoxy) is 1. The molecule has 0 unspecified atom stereocenters. The molecule has 0 bridgehead atoms. The van der Waals surface area contributed by atoms with Crippen LogP contribution in [-0.4, -0.2) is 17.8 Å². The lowest BCUT2D eigenvalue weighted by Gasteiger charge is -2.00. The van der Waals surface area contributed by atoms with Crippen molar-refractivity contribution in [3.8, 4) is 5.69 Å². The number of benzene rings is 1. The van der Waals surface area contributed by atoms with E-state index < -0.39 is 0 Å². The molecule has 0 radical (unpaired) electrons. The van der Waals surface area contributed by atoms with Crippen molar-refractivity contribution < 1.29 is 18.7 Å². The molecular formula is C11H10N2O3S. The maximum atomic E-state index is 11.4. The van der Waals surface area contributed by atoms with Crippen molar-refractivity contribution in [2.24, 2.45) is 0 Å². The highest BCUT2D eigenvalue weighted by molar-refractivity contribution is 7.58. The van der Waals surface area contributed by atoms with E-state index in [1.807, 2.05) is 0 Å². The first-order valence-corrected chi connectivity index (χ1v) is 5.44. The van der Waals surface area contributed by atoms with E-state index in [2.05, 4.69) is 5.27 Å². The molecule has 0 aliphatic carbocycles. The molecule has 1 heterocycles. The molecule has 0 saturated carbocycles. The van der Waals surface area contributed by atoms with Crippen LogP contribution >= 0.6 is 0 Å². The van der Waals surface area contributed by atoms with Crippen LogP contribution in [0, 0.1) is 0 Å².